The predicted molar refractivity (Wildman–Crippen MR) is 120 cm³/mol. The topological polar surface area (TPSA) is 77.5 Å². The molecule has 6 rings (SSSR count). The summed E-state index contributed by atoms with van der Waals surface area (Å²) in [6.07, 6.45) is 3.09. The highest BCUT2D eigenvalue weighted by Gasteiger charge is 2.86. The minimum absolute atomic E-state index is 0.0125. The number of hydrogen-bond donors (Lipinski definition) is 1. The number of ether oxygens (including phenoxy) is 4. The highest BCUT2D eigenvalue weighted by molar-refractivity contribution is 5.66. The van der Waals surface area contributed by atoms with Crippen molar-refractivity contribution >= 4 is 5.97 Å². The van der Waals surface area contributed by atoms with Gasteiger partial charge in [-0.25, -0.2) is 0 Å². The largest absolute Gasteiger partial charge is 0.462 e. The van der Waals surface area contributed by atoms with E-state index >= 15 is 0 Å². The summed E-state index contributed by atoms with van der Waals surface area (Å²) in [7, 11) is 5.42. The Kier molecular flexibility index (Phi) is 4.93. The zero-order chi connectivity index (χ0) is 23.5. The summed E-state index contributed by atoms with van der Waals surface area (Å²) < 4.78 is 25.3. The molecule has 0 amide bonds. The third kappa shape index (κ3) is 2.37. The summed E-state index contributed by atoms with van der Waals surface area (Å²) in [6, 6.07) is 0.206. The maximum Gasteiger partial charge on any atom is 0.302 e. The second-order valence-corrected chi connectivity index (χ2v) is 12.2. The lowest BCUT2D eigenvalue weighted by atomic mass is 9.43. The smallest absolute Gasteiger partial charge is 0.302 e. The van der Waals surface area contributed by atoms with E-state index in [-0.39, 0.29) is 70.7 Å². The molecule has 5 unspecified atom stereocenters. The van der Waals surface area contributed by atoms with Crippen molar-refractivity contribution in [2.24, 2.45) is 40.4 Å². The van der Waals surface area contributed by atoms with Crippen LogP contribution in [0.4, 0.5) is 0 Å². The van der Waals surface area contributed by atoms with Crippen LogP contribution in [0.5, 0.6) is 0 Å². The number of rotatable bonds is 5. The Labute approximate surface area is 197 Å². The molecular weight excluding hydrogens is 422 g/mol. The van der Waals surface area contributed by atoms with E-state index in [2.05, 4.69) is 18.7 Å². The van der Waals surface area contributed by atoms with Gasteiger partial charge in [0.1, 0.15) is 6.10 Å². The highest BCUT2D eigenvalue weighted by atomic mass is 16.6. The van der Waals surface area contributed by atoms with Crippen molar-refractivity contribution in [1.82, 2.24) is 4.90 Å². The number of nitrogens with zero attached hydrogens (tertiary/aromatic N) is 1. The third-order valence-corrected chi connectivity index (χ3v) is 11.5. The molecular formula is C26H41NO6. The Morgan fingerprint density at radius 1 is 1.18 bits per heavy atom. The Balaban J connectivity index is 1.65. The van der Waals surface area contributed by atoms with Gasteiger partial charge in [0.2, 0.25) is 0 Å². The standard InChI is InChI=1S/C26H41NO6/c1-7-27-12-24(3)9-8-17(31-5)26-15-10-14-16(30-4)11-25(32-6,18(15)20(14)29)19(23(26)27)21(22(24)26)33-13(2)28/h14-23,29H,7-12H2,1-6H3/t14-,15-,16+,17?,18-,19?,20?,21?,22-,23+,24+,25-,26?/m1/s1. The number of piperidine rings is 1. The van der Waals surface area contributed by atoms with Crippen molar-refractivity contribution in [2.45, 2.75) is 82.5 Å². The number of esters is 1. The first-order valence-electron chi connectivity index (χ1n) is 12.9. The van der Waals surface area contributed by atoms with Crippen LogP contribution < -0.4 is 0 Å². The van der Waals surface area contributed by atoms with Gasteiger partial charge in [-0.3, -0.25) is 9.69 Å². The van der Waals surface area contributed by atoms with Crippen LogP contribution >= 0.6 is 0 Å². The molecule has 0 aromatic heterocycles. The number of likely N-dealkylation sites (tertiary alicyclic amines) is 1. The molecule has 7 heteroatoms. The highest BCUT2D eigenvalue weighted by Crippen LogP contribution is 2.79. The molecule has 6 aliphatic rings. The van der Waals surface area contributed by atoms with E-state index in [1.165, 1.54) is 6.92 Å². The molecule has 7 nitrogen and oxygen atoms in total. The van der Waals surface area contributed by atoms with Gasteiger partial charge in [0, 0.05) is 76.3 Å². The van der Waals surface area contributed by atoms with Crippen molar-refractivity contribution in [3.05, 3.63) is 0 Å². The molecule has 33 heavy (non-hydrogen) atoms. The Bertz CT molecular complexity index is 838. The molecule has 1 heterocycles. The molecule has 7 bridgehead atoms. The van der Waals surface area contributed by atoms with Crippen LogP contribution in [0.1, 0.15) is 46.5 Å². The maximum atomic E-state index is 12.5. The molecule has 0 aromatic carbocycles. The summed E-state index contributed by atoms with van der Waals surface area (Å²) in [5, 5.41) is 11.7. The van der Waals surface area contributed by atoms with Gasteiger partial charge in [0.25, 0.3) is 0 Å². The lowest BCUT2D eigenvalue weighted by molar-refractivity contribution is -0.276. The Morgan fingerprint density at radius 3 is 2.55 bits per heavy atom. The van der Waals surface area contributed by atoms with Crippen LogP contribution in [0.2, 0.25) is 0 Å². The van der Waals surface area contributed by atoms with Gasteiger partial charge in [0.15, 0.2) is 0 Å². The van der Waals surface area contributed by atoms with Crippen LogP contribution in [0.3, 0.4) is 0 Å². The minimum Gasteiger partial charge on any atom is -0.462 e. The van der Waals surface area contributed by atoms with Gasteiger partial charge in [0.05, 0.1) is 23.9 Å². The van der Waals surface area contributed by atoms with E-state index in [1.807, 2.05) is 7.11 Å². The first-order valence-corrected chi connectivity index (χ1v) is 12.9. The summed E-state index contributed by atoms with van der Waals surface area (Å²) in [5.74, 6) is 0.364. The van der Waals surface area contributed by atoms with Crippen molar-refractivity contribution < 1.29 is 28.8 Å². The summed E-state index contributed by atoms with van der Waals surface area (Å²) >= 11 is 0. The van der Waals surface area contributed by atoms with Crippen LogP contribution in [0, 0.1) is 40.4 Å². The Hall–Kier alpha value is -0.730. The molecule has 1 aliphatic heterocycles. The molecule has 1 N–H and O–H groups in total. The van der Waals surface area contributed by atoms with Gasteiger partial charge >= 0.3 is 5.97 Å². The van der Waals surface area contributed by atoms with E-state index in [0.717, 1.165) is 38.8 Å². The number of aliphatic hydroxyl groups excluding tert-OH is 1. The number of carbonyl (C=O) groups is 1. The lowest BCUT2D eigenvalue weighted by Crippen LogP contribution is -2.76. The normalized spacial score (nSPS) is 58.4. The monoisotopic (exact) mass is 463 g/mol. The lowest BCUT2D eigenvalue weighted by Gasteiger charge is -2.69. The van der Waals surface area contributed by atoms with E-state index in [4.69, 9.17) is 18.9 Å². The van der Waals surface area contributed by atoms with Gasteiger partial charge in [-0.05, 0) is 37.1 Å². The molecule has 186 valence electrons. The fraction of sp³-hybridized carbons (Fsp3) is 0.962. The predicted octanol–water partition coefficient (Wildman–Crippen LogP) is 2.10. The quantitative estimate of drug-likeness (QED) is 0.626. The zero-order valence-electron chi connectivity index (χ0n) is 21.0. The number of fused-ring (bicyclic) bond motifs is 2. The van der Waals surface area contributed by atoms with Gasteiger partial charge < -0.3 is 24.1 Å². The van der Waals surface area contributed by atoms with E-state index in [1.54, 1.807) is 14.2 Å². The van der Waals surface area contributed by atoms with Crippen molar-refractivity contribution in [1.29, 1.82) is 0 Å². The van der Waals surface area contributed by atoms with Crippen LogP contribution in [0.15, 0.2) is 0 Å². The zero-order valence-corrected chi connectivity index (χ0v) is 21.0. The molecule has 1 saturated heterocycles. The van der Waals surface area contributed by atoms with Crippen molar-refractivity contribution in [2.75, 3.05) is 34.4 Å². The van der Waals surface area contributed by atoms with Gasteiger partial charge in [-0.15, -0.1) is 0 Å². The summed E-state index contributed by atoms with van der Waals surface area (Å²) in [6.45, 7) is 8.17. The second kappa shape index (κ2) is 7.16. The fourth-order valence-electron chi connectivity index (χ4n) is 11.1. The molecule has 5 aliphatic carbocycles. The number of methoxy groups -OCH3 is 3. The number of aliphatic hydroxyl groups is 1. The maximum absolute atomic E-state index is 12.5. The second-order valence-electron chi connectivity index (χ2n) is 12.2. The molecule has 13 atom stereocenters. The molecule has 0 radical (unpaired) electrons. The van der Waals surface area contributed by atoms with Crippen molar-refractivity contribution in [3.8, 4) is 0 Å². The van der Waals surface area contributed by atoms with Gasteiger partial charge in [-0.1, -0.05) is 13.8 Å². The summed E-state index contributed by atoms with van der Waals surface area (Å²) in [4.78, 5) is 15.2. The third-order valence-electron chi connectivity index (χ3n) is 11.5. The average molecular weight is 464 g/mol. The van der Waals surface area contributed by atoms with E-state index in [9.17, 15) is 9.90 Å². The van der Waals surface area contributed by atoms with E-state index in [0.29, 0.717) is 0 Å². The molecule has 1 spiro atoms. The van der Waals surface area contributed by atoms with Gasteiger partial charge in [-0.2, -0.15) is 0 Å². The van der Waals surface area contributed by atoms with Crippen molar-refractivity contribution in [3.63, 3.8) is 0 Å². The molecule has 6 fully saturated rings. The minimum atomic E-state index is -0.581. The number of hydrogen-bond acceptors (Lipinski definition) is 7. The molecule has 5 saturated carbocycles. The average Bonchev–Trinajstić information content (AvgIpc) is 3.17. The SMILES string of the molecule is CCN1C[C@]2(C)CCC(OC)C34[C@@H]5C[C@H]6C(O)[C@@H]5[C@](OC)(C[C@@H]6OC)C(C(OC(C)=O)[C@@H]32)[C@H]14. The molecule has 0 aromatic rings. The Morgan fingerprint density at radius 2 is 1.94 bits per heavy atom. The van der Waals surface area contributed by atoms with Crippen LogP contribution in [-0.4, -0.2) is 86.5 Å². The first kappa shape index (κ1) is 22.7. The van der Waals surface area contributed by atoms with E-state index < -0.39 is 11.7 Å². The first-order chi connectivity index (χ1) is 15.7. The van der Waals surface area contributed by atoms with Crippen LogP contribution in [0.25, 0.3) is 0 Å². The van der Waals surface area contributed by atoms with Crippen LogP contribution in [-0.2, 0) is 23.7 Å². The fourth-order valence-corrected chi connectivity index (χ4v) is 11.1. The summed E-state index contributed by atoms with van der Waals surface area (Å²) in [5.41, 5.74) is -0.707. The number of carbonyl (C=O) groups excluding carboxylic acids is 1.